The van der Waals surface area contributed by atoms with E-state index in [-0.39, 0.29) is 35.7 Å². The van der Waals surface area contributed by atoms with E-state index in [1.54, 1.807) is 0 Å². The van der Waals surface area contributed by atoms with Gasteiger partial charge in [0.25, 0.3) is 0 Å². The predicted molar refractivity (Wildman–Crippen MR) is 115 cm³/mol. The molecule has 0 radical (unpaired) electrons. The van der Waals surface area contributed by atoms with Gasteiger partial charge in [-0.15, -0.1) is 0 Å². The quantitative estimate of drug-likeness (QED) is 0.664. The van der Waals surface area contributed by atoms with Crippen molar-refractivity contribution < 1.29 is 17.9 Å². The number of alkyl carbamates (subject to hydrolysis) is 1. The highest BCUT2D eigenvalue weighted by atomic mass is 32.2. The molecule has 30 heavy (non-hydrogen) atoms. The number of nitrogens with zero attached hydrogens (tertiary/aromatic N) is 1. The number of aromatic nitrogens is 2. The van der Waals surface area contributed by atoms with Crippen molar-refractivity contribution in [2.75, 3.05) is 5.32 Å². The molecule has 1 aliphatic carbocycles. The molecule has 2 heterocycles. The minimum absolute atomic E-state index is 0.0544. The van der Waals surface area contributed by atoms with Crippen LogP contribution in [0.1, 0.15) is 61.4 Å². The third-order valence-electron chi connectivity index (χ3n) is 5.66. The molecule has 1 saturated carbocycles. The molecule has 0 saturated heterocycles. The summed E-state index contributed by atoms with van der Waals surface area (Å²) in [5.74, 6) is 1.17. The second-order valence-corrected chi connectivity index (χ2v) is 10.7. The van der Waals surface area contributed by atoms with Crippen molar-refractivity contribution in [1.29, 1.82) is 0 Å². The van der Waals surface area contributed by atoms with Crippen LogP contribution in [0.2, 0.25) is 0 Å². The Hall–Kier alpha value is -2.55. The van der Waals surface area contributed by atoms with Crippen LogP contribution >= 0.6 is 0 Å². The molecule has 2 aromatic rings. The fourth-order valence-electron chi connectivity index (χ4n) is 4.24. The molecule has 0 bridgehead atoms. The van der Waals surface area contributed by atoms with Crippen LogP contribution in [0.4, 0.5) is 16.3 Å². The molecule has 2 unspecified atom stereocenters. The number of rotatable bonds is 5. The van der Waals surface area contributed by atoms with E-state index in [0.717, 1.165) is 47.3 Å². The van der Waals surface area contributed by atoms with Gasteiger partial charge in [0.15, 0.2) is 15.7 Å². The molecule has 1 amide bonds. The molecule has 2 aliphatic rings. The van der Waals surface area contributed by atoms with Gasteiger partial charge in [-0.3, -0.25) is 5.10 Å². The lowest BCUT2D eigenvalue weighted by molar-refractivity contribution is 0.0981. The highest BCUT2D eigenvalue weighted by Gasteiger charge is 2.30. The Balaban J connectivity index is 1.39. The van der Waals surface area contributed by atoms with Crippen LogP contribution in [0.3, 0.4) is 0 Å². The SMILES string of the molecule is Cc1cc2c(cc1Nc1cc(C3CCC(OC(=O)NC(C)C)C3)[nH]n1)CS(=O)(=O)C2. The number of nitrogens with one attached hydrogen (secondary N) is 3. The molecule has 1 aromatic heterocycles. The molecule has 162 valence electrons. The molecular weight excluding hydrogens is 404 g/mol. The first-order chi connectivity index (χ1) is 14.2. The molecule has 8 nitrogen and oxygen atoms in total. The molecule has 1 aromatic carbocycles. The fraction of sp³-hybridized carbons (Fsp3) is 0.524. The van der Waals surface area contributed by atoms with Crippen molar-refractivity contribution in [2.24, 2.45) is 0 Å². The van der Waals surface area contributed by atoms with Crippen LogP contribution in [0.25, 0.3) is 0 Å². The number of carbonyl (C=O) groups excluding carboxylic acids is 1. The molecule has 3 N–H and O–H groups in total. The predicted octanol–water partition coefficient (Wildman–Crippen LogP) is 3.66. The maximum Gasteiger partial charge on any atom is 0.407 e. The minimum Gasteiger partial charge on any atom is -0.446 e. The molecular formula is C21H28N4O4S. The lowest BCUT2D eigenvalue weighted by atomic mass is 10.0. The van der Waals surface area contributed by atoms with E-state index in [9.17, 15) is 13.2 Å². The van der Waals surface area contributed by atoms with Gasteiger partial charge in [-0.25, -0.2) is 13.2 Å². The summed E-state index contributed by atoms with van der Waals surface area (Å²) < 4.78 is 29.3. The van der Waals surface area contributed by atoms with Crippen molar-refractivity contribution in [3.63, 3.8) is 0 Å². The number of hydrogen-bond donors (Lipinski definition) is 3. The summed E-state index contributed by atoms with van der Waals surface area (Å²) in [6.07, 6.45) is 2.07. The summed E-state index contributed by atoms with van der Waals surface area (Å²) in [6, 6.07) is 5.89. The van der Waals surface area contributed by atoms with Crippen LogP contribution in [0.15, 0.2) is 18.2 Å². The number of aromatic amines is 1. The van der Waals surface area contributed by atoms with Gasteiger partial charge in [-0.1, -0.05) is 6.07 Å². The second kappa shape index (κ2) is 7.94. The maximum absolute atomic E-state index is 11.9. The first-order valence-corrected chi connectivity index (χ1v) is 12.1. The fourth-order valence-corrected chi connectivity index (χ4v) is 5.83. The largest absolute Gasteiger partial charge is 0.446 e. The summed E-state index contributed by atoms with van der Waals surface area (Å²) in [5.41, 5.74) is 4.60. The Kier molecular flexibility index (Phi) is 5.48. The van der Waals surface area contributed by atoms with Gasteiger partial charge >= 0.3 is 6.09 Å². The van der Waals surface area contributed by atoms with Crippen molar-refractivity contribution in [3.8, 4) is 0 Å². The third-order valence-corrected chi connectivity index (χ3v) is 7.16. The smallest absolute Gasteiger partial charge is 0.407 e. The highest BCUT2D eigenvalue weighted by Crippen LogP contribution is 2.37. The molecule has 1 fully saturated rings. The number of sulfone groups is 1. The van der Waals surface area contributed by atoms with Gasteiger partial charge in [0.1, 0.15) is 6.10 Å². The number of H-pyrrole nitrogens is 1. The zero-order chi connectivity index (χ0) is 21.5. The standard InChI is InChI=1S/C21H28N4O4S/c1-12(2)22-21(26)29-17-5-4-14(7-17)19-9-20(25-24-19)23-18-8-16-11-30(27,28)10-15(16)6-13(18)3/h6,8-9,12,14,17H,4-5,7,10-11H2,1-3H3,(H,22,26)(H2,23,24,25). The summed E-state index contributed by atoms with van der Waals surface area (Å²) in [6.45, 7) is 5.77. The molecule has 1 aliphatic heterocycles. The number of hydrogen-bond acceptors (Lipinski definition) is 6. The number of fused-ring (bicyclic) bond motifs is 1. The number of ether oxygens (including phenoxy) is 1. The summed E-state index contributed by atoms with van der Waals surface area (Å²) in [7, 11) is -3.03. The first-order valence-electron chi connectivity index (χ1n) is 10.3. The Morgan fingerprint density at radius 2 is 1.93 bits per heavy atom. The van der Waals surface area contributed by atoms with Crippen molar-refractivity contribution in [2.45, 2.75) is 69.6 Å². The van der Waals surface area contributed by atoms with E-state index in [2.05, 4.69) is 20.8 Å². The number of aryl methyl sites for hydroxylation is 1. The van der Waals surface area contributed by atoms with Gasteiger partial charge in [-0.05, 0) is 62.8 Å². The van der Waals surface area contributed by atoms with Gasteiger partial charge < -0.3 is 15.4 Å². The lowest BCUT2D eigenvalue weighted by Crippen LogP contribution is -2.33. The van der Waals surface area contributed by atoms with E-state index in [0.29, 0.717) is 5.82 Å². The normalized spacial score (nSPS) is 22.1. The van der Waals surface area contributed by atoms with Crippen LogP contribution in [-0.2, 0) is 26.1 Å². The Bertz CT molecular complexity index is 1060. The monoisotopic (exact) mass is 432 g/mol. The minimum atomic E-state index is -3.03. The van der Waals surface area contributed by atoms with Crippen LogP contribution in [0, 0.1) is 6.92 Å². The number of carbonyl (C=O) groups is 1. The number of anilines is 2. The Labute approximate surface area is 176 Å². The number of amides is 1. The second-order valence-electron chi connectivity index (χ2n) is 8.64. The average molecular weight is 433 g/mol. The topological polar surface area (TPSA) is 113 Å². The zero-order valence-corrected chi connectivity index (χ0v) is 18.3. The molecule has 9 heteroatoms. The summed E-state index contributed by atoms with van der Waals surface area (Å²) >= 11 is 0. The van der Waals surface area contributed by atoms with E-state index in [4.69, 9.17) is 4.74 Å². The number of benzene rings is 1. The van der Waals surface area contributed by atoms with E-state index >= 15 is 0 Å². The van der Waals surface area contributed by atoms with Crippen molar-refractivity contribution >= 4 is 27.4 Å². The van der Waals surface area contributed by atoms with Gasteiger partial charge in [-0.2, -0.15) is 5.10 Å². The van der Waals surface area contributed by atoms with E-state index in [1.807, 2.05) is 39.0 Å². The van der Waals surface area contributed by atoms with E-state index in [1.165, 1.54) is 0 Å². The van der Waals surface area contributed by atoms with Crippen LogP contribution in [-0.4, -0.2) is 36.9 Å². The highest BCUT2D eigenvalue weighted by molar-refractivity contribution is 7.90. The van der Waals surface area contributed by atoms with Crippen molar-refractivity contribution in [1.82, 2.24) is 15.5 Å². The molecule has 0 spiro atoms. The maximum atomic E-state index is 11.9. The first kappa shape index (κ1) is 20.7. The molecule has 2 atom stereocenters. The van der Waals surface area contributed by atoms with Gasteiger partial charge in [0, 0.05) is 29.4 Å². The Morgan fingerprint density at radius 3 is 2.67 bits per heavy atom. The molecule has 4 rings (SSSR count). The van der Waals surface area contributed by atoms with Crippen LogP contribution < -0.4 is 10.6 Å². The Morgan fingerprint density at radius 1 is 1.20 bits per heavy atom. The van der Waals surface area contributed by atoms with Gasteiger partial charge in [0.2, 0.25) is 0 Å². The summed E-state index contributed by atoms with van der Waals surface area (Å²) in [4.78, 5) is 11.8. The lowest BCUT2D eigenvalue weighted by Gasteiger charge is -2.14. The third kappa shape index (κ3) is 4.61. The van der Waals surface area contributed by atoms with Gasteiger partial charge in [0.05, 0.1) is 11.5 Å². The summed E-state index contributed by atoms with van der Waals surface area (Å²) in [5, 5.41) is 13.5. The van der Waals surface area contributed by atoms with E-state index < -0.39 is 9.84 Å². The average Bonchev–Trinajstić information content (AvgIpc) is 3.32. The van der Waals surface area contributed by atoms with Crippen molar-refractivity contribution in [3.05, 3.63) is 40.6 Å². The zero-order valence-electron chi connectivity index (χ0n) is 17.5. The van der Waals surface area contributed by atoms with Crippen LogP contribution in [0.5, 0.6) is 0 Å².